The monoisotopic (exact) mass is 419 g/mol. The number of carbonyl (C=O) groups excluding carboxylic acids is 1. The molecule has 2 aromatic carbocycles. The highest BCUT2D eigenvalue weighted by atomic mass is 32.2. The maximum Gasteiger partial charge on any atom is 0.288 e. The molecule has 3 N–H and O–H groups in total. The van der Waals surface area contributed by atoms with Gasteiger partial charge in [-0.1, -0.05) is 59.8 Å². The van der Waals surface area contributed by atoms with Crippen LogP contribution in [0, 0.1) is 6.92 Å². The van der Waals surface area contributed by atoms with Gasteiger partial charge in [-0.25, -0.2) is 0 Å². The first kappa shape index (κ1) is 20.5. The lowest BCUT2D eigenvalue weighted by Gasteiger charge is -2.15. The normalized spacial score (nSPS) is 12.1. The fraction of sp³-hybridized carbons (Fsp3) is 0.190. The summed E-state index contributed by atoms with van der Waals surface area (Å²) in [4.78, 5) is 14.0. The van der Waals surface area contributed by atoms with Gasteiger partial charge in [0, 0.05) is 10.5 Å². The van der Waals surface area contributed by atoms with E-state index in [4.69, 9.17) is 0 Å². The number of alkyl halides is 2. The van der Waals surface area contributed by atoms with Crippen molar-refractivity contribution in [2.75, 3.05) is 11.9 Å². The number of aryl methyl sites for hydroxylation is 1. The summed E-state index contributed by atoms with van der Waals surface area (Å²) in [6, 6.07) is 18.9. The number of nitrogens with one attached hydrogen (secondary N) is 1. The summed E-state index contributed by atoms with van der Waals surface area (Å²) in [6.07, 6.45) is 0. The van der Waals surface area contributed by atoms with Crippen molar-refractivity contribution in [2.45, 2.75) is 23.6 Å². The number of para-hydroxylation sites is 1. The number of quaternary nitrogens is 1. The number of hydrogen-bond acceptors (Lipinski definition) is 3. The van der Waals surface area contributed by atoms with Crippen molar-refractivity contribution >= 4 is 34.7 Å². The first-order chi connectivity index (χ1) is 13.5. The minimum atomic E-state index is -2.53. The predicted octanol–water partition coefficient (Wildman–Crippen LogP) is 4.66. The van der Waals surface area contributed by atoms with Gasteiger partial charge in [0.25, 0.3) is 11.7 Å². The Hall–Kier alpha value is -2.22. The highest BCUT2D eigenvalue weighted by Crippen LogP contribution is 2.31. The molecule has 146 valence electrons. The molecule has 1 heterocycles. The number of amides is 1. The third-order valence-corrected chi connectivity index (χ3v) is 5.95. The number of carbonyl (C=O) groups is 1. The van der Waals surface area contributed by atoms with Gasteiger partial charge in [-0.05, 0) is 30.5 Å². The zero-order valence-electron chi connectivity index (χ0n) is 15.3. The molecule has 3 aromatic rings. The van der Waals surface area contributed by atoms with Crippen molar-refractivity contribution in [1.82, 2.24) is 0 Å². The van der Waals surface area contributed by atoms with Crippen LogP contribution < -0.4 is 10.6 Å². The van der Waals surface area contributed by atoms with Gasteiger partial charge < -0.3 is 10.6 Å². The quantitative estimate of drug-likeness (QED) is 0.522. The van der Waals surface area contributed by atoms with Crippen LogP contribution in [0.5, 0.6) is 0 Å². The lowest BCUT2D eigenvalue weighted by atomic mass is 10.0. The lowest BCUT2D eigenvalue weighted by molar-refractivity contribution is -0.675. The summed E-state index contributed by atoms with van der Waals surface area (Å²) in [5.74, 6) is -2.76. The summed E-state index contributed by atoms with van der Waals surface area (Å²) < 4.78 is 25.4. The van der Waals surface area contributed by atoms with E-state index in [-0.39, 0.29) is 18.5 Å². The first-order valence-corrected chi connectivity index (χ1v) is 10.6. The molecule has 0 saturated heterocycles. The number of nitrogens with two attached hydrogens (primary N) is 1. The lowest BCUT2D eigenvalue weighted by Crippen LogP contribution is -2.87. The molecule has 1 atom stereocenters. The Morgan fingerprint density at radius 3 is 2.54 bits per heavy atom. The number of thioether (sulfide) groups is 1. The van der Waals surface area contributed by atoms with Crippen LogP contribution in [0.1, 0.15) is 22.0 Å². The van der Waals surface area contributed by atoms with Crippen LogP contribution in [0.3, 0.4) is 0 Å². The van der Waals surface area contributed by atoms with Gasteiger partial charge in [-0.15, -0.1) is 11.3 Å². The summed E-state index contributed by atoms with van der Waals surface area (Å²) >= 11 is 2.08. The average molecular weight is 420 g/mol. The first-order valence-electron chi connectivity index (χ1n) is 8.80. The fourth-order valence-corrected chi connectivity index (χ4v) is 4.30. The highest BCUT2D eigenvalue weighted by Gasteiger charge is 2.20. The Bertz CT molecular complexity index is 899. The smallest absolute Gasteiger partial charge is 0.288 e. The fourth-order valence-electron chi connectivity index (χ4n) is 2.85. The zero-order chi connectivity index (χ0) is 19.9. The predicted molar refractivity (Wildman–Crippen MR) is 111 cm³/mol. The van der Waals surface area contributed by atoms with Crippen molar-refractivity contribution < 1.29 is 18.9 Å². The number of thiophene rings is 1. The van der Waals surface area contributed by atoms with Crippen LogP contribution in [0.15, 0.2) is 70.9 Å². The van der Waals surface area contributed by atoms with Gasteiger partial charge in [0.2, 0.25) is 0 Å². The van der Waals surface area contributed by atoms with Crippen molar-refractivity contribution in [1.29, 1.82) is 0 Å². The number of anilines is 1. The highest BCUT2D eigenvalue weighted by molar-refractivity contribution is 7.99. The van der Waals surface area contributed by atoms with E-state index in [9.17, 15) is 13.6 Å². The maximum absolute atomic E-state index is 12.7. The number of halogens is 2. The van der Waals surface area contributed by atoms with E-state index in [0.29, 0.717) is 22.3 Å². The van der Waals surface area contributed by atoms with Gasteiger partial charge >= 0.3 is 0 Å². The van der Waals surface area contributed by atoms with E-state index in [1.807, 2.05) is 23.7 Å². The molecule has 0 aliphatic carbocycles. The third-order valence-electron chi connectivity index (χ3n) is 4.20. The van der Waals surface area contributed by atoms with Crippen LogP contribution in [-0.2, 0) is 4.79 Å². The Labute approximate surface area is 171 Å². The summed E-state index contributed by atoms with van der Waals surface area (Å²) in [6.45, 7) is 2.22. The Morgan fingerprint density at radius 1 is 1.11 bits per heavy atom. The van der Waals surface area contributed by atoms with E-state index in [1.165, 1.54) is 5.56 Å². The van der Waals surface area contributed by atoms with Gasteiger partial charge in [0.15, 0.2) is 6.54 Å². The molecule has 0 unspecified atom stereocenters. The molecular formula is C21H21F2N2OS2+. The second-order valence-electron chi connectivity index (χ2n) is 6.27. The van der Waals surface area contributed by atoms with E-state index in [0.717, 1.165) is 10.4 Å². The third kappa shape index (κ3) is 5.64. The SMILES string of the molecule is Cc1ccc([C@H]([NH2+]CC(=O)Nc2ccccc2SC(F)F)c2cccs2)cc1. The molecule has 0 saturated carbocycles. The summed E-state index contributed by atoms with van der Waals surface area (Å²) in [7, 11) is 0. The summed E-state index contributed by atoms with van der Waals surface area (Å²) in [5, 5.41) is 6.74. The van der Waals surface area contributed by atoms with Crippen molar-refractivity contribution in [2.24, 2.45) is 0 Å². The molecular weight excluding hydrogens is 398 g/mol. The molecule has 1 amide bonds. The standard InChI is InChI=1S/C21H20F2N2OS2/c1-14-8-10-15(11-9-14)20(18-7-4-12-27-18)24-13-19(26)25-16-5-2-3-6-17(16)28-21(22)23/h2-12,20-21,24H,13H2,1H3,(H,25,26)/p+1/t20-/m0/s1. The molecule has 0 bridgehead atoms. The topological polar surface area (TPSA) is 45.7 Å². The largest absolute Gasteiger partial charge is 0.328 e. The molecule has 3 nitrogen and oxygen atoms in total. The summed E-state index contributed by atoms with van der Waals surface area (Å²) in [5.41, 5.74) is 2.71. The molecule has 0 aliphatic heterocycles. The molecule has 7 heteroatoms. The Balaban J connectivity index is 1.68. The van der Waals surface area contributed by atoms with Gasteiger partial charge in [-0.3, -0.25) is 4.79 Å². The van der Waals surface area contributed by atoms with Gasteiger partial charge in [0.05, 0.1) is 10.6 Å². The molecule has 0 fully saturated rings. The maximum atomic E-state index is 12.7. The average Bonchev–Trinajstić information content (AvgIpc) is 3.19. The molecule has 28 heavy (non-hydrogen) atoms. The van der Waals surface area contributed by atoms with Crippen LogP contribution >= 0.6 is 23.1 Å². The van der Waals surface area contributed by atoms with Crippen LogP contribution in [0.2, 0.25) is 0 Å². The Kier molecular flexibility index (Phi) is 7.19. The zero-order valence-corrected chi connectivity index (χ0v) is 16.9. The van der Waals surface area contributed by atoms with Crippen LogP contribution in [0.25, 0.3) is 0 Å². The minimum Gasteiger partial charge on any atom is -0.328 e. The van der Waals surface area contributed by atoms with Crippen molar-refractivity contribution in [3.05, 3.63) is 82.0 Å². The van der Waals surface area contributed by atoms with E-state index >= 15 is 0 Å². The molecule has 1 aromatic heterocycles. The van der Waals surface area contributed by atoms with Gasteiger partial charge in [-0.2, -0.15) is 8.78 Å². The molecule has 0 radical (unpaired) electrons. The Morgan fingerprint density at radius 2 is 1.86 bits per heavy atom. The molecule has 3 rings (SSSR count). The second-order valence-corrected chi connectivity index (χ2v) is 8.28. The molecule has 0 aliphatic rings. The van der Waals surface area contributed by atoms with E-state index < -0.39 is 5.76 Å². The van der Waals surface area contributed by atoms with Crippen LogP contribution in [-0.4, -0.2) is 18.2 Å². The number of hydrogen-bond donors (Lipinski definition) is 2. The van der Waals surface area contributed by atoms with Crippen molar-refractivity contribution in [3.63, 3.8) is 0 Å². The number of rotatable bonds is 8. The minimum absolute atomic E-state index is 0.0111. The number of benzene rings is 2. The van der Waals surface area contributed by atoms with Crippen LogP contribution in [0.4, 0.5) is 14.5 Å². The second kappa shape index (κ2) is 9.82. The van der Waals surface area contributed by atoms with E-state index in [1.54, 1.807) is 35.6 Å². The van der Waals surface area contributed by atoms with E-state index in [2.05, 4.69) is 35.6 Å². The van der Waals surface area contributed by atoms with Gasteiger partial charge in [0.1, 0.15) is 6.04 Å². The molecule has 0 spiro atoms. The van der Waals surface area contributed by atoms with Crippen molar-refractivity contribution in [3.8, 4) is 0 Å².